The number of benzene rings is 2. The number of halogens is 2. The molecule has 0 aliphatic rings. The van der Waals surface area contributed by atoms with E-state index in [4.69, 9.17) is 28.4 Å². The molecular weight excluding hydrogens is 586 g/mol. The fraction of sp³-hybridized carbons (Fsp3) is 0.516. The van der Waals surface area contributed by atoms with Crippen molar-refractivity contribution in [2.75, 3.05) is 71.8 Å². The van der Waals surface area contributed by atoms with Gasteiger partial charge in [-0.15, -0.1) is 0 Å². The van der Waals surface area contributed by atoms with Crippen LogP contribution in [0, 0.1) is 11.6 Å². The molecule has 0 aromatic heterocycles. The first-order valence-electron chi connectivity index (χ1n) is 14.2. The van der Waals surface area contributed by atoms with Crippen LogP contribution in [0.3, 0.4) is 0 Å². The Labute approximate surface area is 253 Å². The van der Waals surface area contributed by atoms with E-state index >= 15 is 0 Å². The summed E-state index contributed by atoms with van der Waals surface area (Å²) in [5.41, 5.74) is 0.531. The minimum Gasteiger partial charge on any atom is -0.451 e. The molecule has 43 heavy (non-hydrogen) atoms. The number of carbonyl (C=O) groups excluding carboxylic acids is 1. The average Bonchev–Trinajstić information content (AvgIpc) is 2.96. The highest BCUT2D eigenvalue weighted by molar-refractivity contribution is 7.91. The second kappa shape index (κ2) is 20.3. The van der Waals surface area contributed by atoms with Gasteiger partial charge in [0.15, 0.2) is 33.0 Å². The summed E-state index contributed by atoms with van der Waals surface area (Å²) >= 11 is 0. The van der Waals surface area contributed by atoms with Crippen molar-refractivity contribution < 1.29 is 50.4 Å². The predicted octanol–water partition coefficient (Wildman–Crippen LogP) is 5.41. The van der Waals surface area contributed by atoms with E-state index in [0.29, 0.717) is 58.4 Å². The molecule has 0 unspecified atom stereocenters. The summed E-state index contributed by atoms with van der Waals surface area (Å²) in [5.74, 6) is -2.82. The SMILES string of the molecule is CCCOCCOCCOCCOCCOCCCS(=O)(=O)c1ccc(Oc2c(F)cc(/C=C(\C)C(C)=O)cc2F)cc1. The van der Waals surface area contributed by atoms with Crippen molar-refractivity contribution in [1.29, 1.82) is 0 Å². The Morgan fingerprint density at radius 1 is 0.744 bits per heavy atom. The molecular formula is C31H42F2O9S. The summed E-state index contributed by atoms with van der Waals surface area (Å²) < 4.78 is 86.6. The van der Waals surface area contributed by atoms with E-state index in [1.165, 1.54) is 37.3 Å². The third kappa shape index (κ3) is 14.5. The quantitative estimate of drug-likeness (QED) is 0.118. The minimum absolute atomic E-state index is 0.0551. The van der Waals surface area contributed by atoms with Crippen molar-refractivity contribution in [1.82, 2.24) is 0 Å². The van der Waals surface area contributed by atoms with Gasteiger partial charge < -0.3 is 28.4 Å². The lowest BCUT2D eigenvalue weighted by molar-refractivity contribution is -0.113. The summed E-state index contributed by atoms with van der Waals surface area (Å²) in [5, 5.41) is 0. The highest BCUT2D eigenvalue weighted by Crippen LogP contribution is 2.30. The summed E-state index contributed by atoms with van der Waals surface area (Å²) in [6, 6.07) is 7.40. The molecule has 0 aliphatic heterocycles. The molecule has 0 spiro atoms. The second-order valence-electron chi connectivity index (χ2n) is 9.50. The first kappa shape index (κ1) is 36.5. The Kier molecular flexibility index (Phi) is 17.2. The first-order chi connectivity index (χ1) is 20.6. The first-order valence-corrected chi connectivity index (χ1v) is 15.9. The van der Waals surface area contributed by atoms with Crippen LogP contribution in [0.1, 0.15) is 39.2 Å². The van der Waals surface area contributed by atoms with Crippen LogP contribution in [0.5, 0.6) is 11.5 Å². The van der Waals surface area contributed by atoms with E-state index < -0.39 is 27.2 Å². The minimum atomic E-state index is -3.59. The molecule has 2 aromatic rings. The fourth-order valence-corrected chi connectivity index (χ4v) is 4.82. The zero-order valence-electron chi connectivity index (χ0n) is 25.1. The summed E-state index contributed by atoms with van der Waals surface area (Å²) in [6.07, 6.45) is 2.65. The summed E-state index contributed by atoms with van der Waals surface area (Å²) in [4.78, 5) is 11.4. The van der Waals surface area contributed by atoms with E-state index in [-0.39, 0.29) is 40.8 Å². The Balaban J connectivity index is 1.63. The van der Waals surface area contributed by atoms with Gasteiger partial charge in [-0.2, -0.15) is 0 Å². The van der Waals surface area contributed by atoms with Gasteiger partial charge >= 0.3 is 0 Å². The van der Waals surface area contributed by atoms with E-state index in [1.54, 1.807) is 6.92 Å². The van der Waals surface area contributed by atoms with Crippen LogP contribution in [0.25, 0.3) is 6.08 Å². The molecule has 0 radical (unpaired) electrons. The van der Waals surface area contributed by atoms with Gasteiger partial charge in [-0.25, -0.2) is 17.2 Å². The molecule has 12 heteroatoms. The Bertz CT molecular complexity index is 1230. The topological polar surface area (TPSA) is 107 Å². The van der Waals surface area contributed by atoms with Gasteiger partial charge in [-0.1, -0.05) is 6.92 Å². The maximum Gasteiger partial charge on any atom is 0.198 e. The highest BCUT2D eigenvalue weighted by atomic mass is 32.2. The van der Waals surface area contributed by atoms with Crippen molar-refractivity contribution >= 4 is 21.7 Å². The van der Waals surface area contributed by atoms with E-state index in [1.807, 2.05) is 0 Å². The van der Waals surface area contributed by atoms with E-state index in [9.17, 15) is 22.0 Å². The molecule has 0 amide bonds. The van der Waals surface area contributed by atoms with Crippen LogP contribution in [-0.4, -0.2) is 86.0 Å². The molecule has 2 rings (SSSR count). The van der Waals surface area contributed by atoms with Crippen molar-refractivity contribution in [2.24, 2.45) is 0 Å². The second-order valence-corrected chi connectivity index (χ2v) is 11.6. The lowest BCUT2D eigenvalue weighted by atomic mass is 10.1. The molecule has 0 atom stereocenters. The molecule has 240 valence electrons. The lowest BCUT2D eigenvalue weighted by Crippen LogP contribution is -2.14. The number of carbonyl (C=O) groups is 1. The van der Waals surface area contributed by atoms with Gasteiger partial charge in [0.2, 0.25) is 0 Å². The smallest absolute Gasteiger partial charge is 0.198 e. The number of ether oxygens (including phenoxy) is 6. The van der Waals surface area contributed by atoms with Gasteiger partial charge in [0.05, 0.1) is 63.5 Å². The molecule has 0 heterocycles. The van der Waals surface area contributed by atoms with Gasteiger partial charge in [0, 0.05) is 13.2 Å². The maximum atomic E-state index is 14.5. The molecule has 0 aliphatic carbocycles. The predicted molar refractivity (Wildman–Crippen MR) is 158 cm³/mol. The van der Waals surface area contributed by atoms with Crippen LogP contribution in [0.2, 0.25) is 0 Å². The molecule has 9 nitrogen and oxygen atoms in total. The zero-order valence-corrected chi connectivity index (χ0v) is 25.9. The van der Waals surface area contributed by atoms with E-state index in [0.717, 1.165) is 25.2 Å². The standard InChI is InChI=1S/C31H42F2O9S/c1-4-10-37-12-14-39-16-18-41-19-17-40-15-13-38-11-5-20-43(35,36)28-8-6-27(7-9-28)42-31-29(32)22-26(23-30(31)33)21-24(2)25(3)34/h6-9,21-23H,4-5,10-20H2,1-3H3/b24-21+. The van der Waals surface area contributed by atoms with Crippen molar-refractivity contribution in [3.05, 3.63) is 59.2 Å². The molecule has 0 N–H and O–H groups in total. The third-order valence-electron chi connectivity index (χ3n) is 5.90. The number of allylic oxidation sites excluding steroid dienone is 1. The van der Waals surface area contributed by atoms with Crippen molar-refractivity contribution in [2.45, 2.75) is 38.5 Å². The summed E-state index contributed by atoms with van der Waals surface area (Å²) in [6.45, 7) is 9.59. The molecule has 0 fully saturated rings. The van der Waals surface area contributed by atoms with E-state index in [2.05, 4.69) is 6.92 Å². The number of ketones is 1. The van der Waals surface area contributed by atoms with Crippen LogP contribution in [-0.2, 0) is 38.3 Å². The van der Waals surface area contributed by atoms with Crippen LogP contribution in [0.15, 0.2) is 46.9 Å². The number of hydrogen-bond acceptors (Lipinski definition) is 9. The maximum absolute atomic E-state index is 14.5. The number of sulfone groups is 1. The third-order valence-corrected chi connectivity index (χ3v) is 7.72. The summed E-state index contributed by atoms with van der Waals surface area (Å²) in [7, 11) is -3.59. The Morgan fingerprint density at radius 3 is 1.67 bits per heavy atom. The zero-order chi connectivity index (χ0) is 31.5. The normalized spacial score (nSPS) is 12.1. The van der Waals surface area contributed by atoms with Gasteiger partial charge in [0.25, 0.3) is 0 Å². The van der Waals surface area contributed by atoms with Crippen LogP contribution < -0.4 is 4.74 Å². The highest BCUT2D eigenvalue weighted by Gasteiger charge is 2.17. The van der Waals surface area contributed by atoms with Crippen LogP contribution in [0.4, 0.5) is 8.78 Å². The average molecular weight is 629 g/mol. The van der Waals surface area contributed by atoms with Gasteiger partial charge in [-0.05, 0) is 80.3 Å². The largest absolute Gasteiger partial charge is 0.451 e. The van der Waals surface area contributed by atoms with Gasteiger partial charge in [0.1, 0.15) is 5.75 Å². The van der Waals surface area contributed by atoms with Crippen LogP contribution >= 0.6 is 0 Å². The molecule has 0 saturated carbocycles. The number of Topliss-reactive ketones (excluding diaryl/α,β-unsaturated/α-hetero) is 1. The number of hydrogen-bond donors (Lipinski definition) is 0. The molecule has 0 bridgehead atoms. The van der Waals surface area contributed by atoms with Crippen molar-refractivity contribution in [3.8, 4) is 11.5 Å². The molecule has 2 aromatic carbocycles. The lowest BCUT2D eigenvalue weighted by Gasteiger charge is -2.10. The Morgan fingerprint density at radius 2 is 1.21 bits per heavy atom. The van der Waals surface area contributed by atoms with Crippen molar-refractivity contribution in [3.63, 3.8) is 0 Å². The molecule has 0 saturated heterocycles. The Hall–Kier alpha value is -2.74. The van der Waals surface area contributed by atoms with Gasteiger partial charge in [-0.3, -0.25) is 4.79 Å². The number of rotatable bonds is 23. The fourth-order valence-electron chi connectivity index (χ4n) is 3.54. The monoisotopic (exact) mass is 628 g/mol.